The van der Waals surface area contributed by atoms with E-state index in [2.05, 4.69) is 0 Å². The fourth-order valence-electron chi connectivity index (χ4n) is 2.27. The monoisotopic (exact) mass is 251 g/mol. The number of halogens is 1. The summed E-state index contributed by atoms with van der Waals surface area (Å²) in [4.78, 5) is 11.9. The number of anilines is 1. The first-order valence-electron chi connectivity index (χ1n) is 6.43. The smallest absolute Gasteiger partial charge is 0.341 e. The molecule has 3 nitrogen and oxygen atoms in total. The third-order valence-corrected chi connectivity index (χ3v) is 3.29. The van der Waals surface area contributed by atoms with E-state index in [0.717, 1.165) is 31.7 Å². The van der Waals surface area contributed by atoms with E-state index >= 15 is 0 Å². The maximum absolute atomic E-state index is 13.6. The third kappa shape index (κ3) is 3.22. The molecule has 0 amide bonds. The van der Waals surface area contributed by atoms with Crippen molar-refractivity contribution in [2.24, 2.45) is 0 Å². The normalized spacial score (nSPS) is 17.2. The third-order valence-electron chi connectivity index (χ3n) is 3.29. The van der Waals surface area contributed by atoms with Crippen molar-refractivity contribution in [1.82, 2.24) is 0 Å². The lowest BCUT2D eigenvalue weighted by molar-refractivity contribution is 0.0262. The summed E-state index contributed by atoms with van der Waals surface area (Å²) in [6.45, 7) is 0. The predicted molar refractivity (Wildman–Crippen MR) is 67.7 cm³/mol. The Kier molecular flexibility index (Phi) is 4.18. The number of hydrogen-bond acceptors (Lipinski definition) is 3. The van der Waals surface area contributed by atoms with Crippen molar-refractivity contribution in [3.63, 3.8) is 0 Å². The Labute approximate surface area is 106 Å². The summed E-state index contributed by atoms with van der Waals surface area (Å²) in [7, 11) is 0. The van der Waals surface area contributed by atoms with Crippen LogP contribution in [0, 0.1) is 5.82 Å². The second kappa shape index (κ2) is 5.85. The maximum atomic E-state index is 13.6. The summed E-state index contributed by atoms with van der Waals surface area (Å²) in [5.74, 6) is -1.20. The summed E-state index contributed by atoms with van der Waals surface area (Å²) in [5.41, 5.74) is 5.71. The molecule has 2 rings (SSSR count). The van der Waals surface area contributed by atoms with Crippen molar-refractivity contribution in [3.05, 3.63) is 29.6 Å². The molecule has 1 fully saturated rings. The lowest BCUT2D eigenvalue weighted by atomic mass is 10.1. The number of nitrogen functional groups attached to an aromatic ring is 1. The van der Waals surface area contributed by atoms with Gasteiger partial charge in [0.15, 0.2) is 0 Å². The first-order valence-corrected chi connectivity index (χ1v) is 6.43. The van der Waals surface area contributed by atoms with E-state index in [4.69, 9.17) is 10.5 Å². The van der Waals surface area contributed by atoms with E-state index in [1.54, 1.807) is 0 Å². The molecule has 0 bridgehead atoms. The molecule has 1 aromatic rings. The molecular weight excluding hydrogens is 233 g/mol. The van der Waals surface area contributed by atoms with Crippen LogP contribution in [0.15, 0.2) is 18.2 Å². The second-order valence-corrected chi connectivity index (χ2v) is 4.76. The van der Waals surface area contributed by atoms with Crippen molar-refractivity contribution in [3.8, 4) is 0 Å². The number of carbonyl (C=O) groups excluding carboxylic acids is 1. The van der Waals surface area contributed by atoms with Gasteiger partial charge in [-0.25, -0.2) is 9.18 Å². The van der Waals surface area contributed by atoms with Crippen molar-refractivity contribution in [2.45, 2.75) is 44.6 Å². The van der Waals surface area contributed by atoms with E-state index in [0.29, 0.717) is 5.69 Å². The van der Waals surface area contributed by atoms with Crippen LogP contribution in [0.25, 0.3) is 0 Å². The molecule has 0 aliphatic heterocycles. The Balaban J connectivity index is 2.02. The Morgan fingerprint density at radius 2 is 1.89 bits per heavy atom. The highest BCUT2D eigenvalue weighted by molar-refractivity contribution is 5.90. The van der Waals surface area contributed by atoms with E-state index < -0.39 is 11.8 Å². The first kappa shape index (κ1) is 12.9. The van der Waals surface area contributed by atoms with E-state index in [-0.39, 0.29) is 11.7 Å². The Morgan fingerprint density at radius 3 is 2.50 bits per heavy atom. The predicted octanol–water partition coefficient (Wildman–Crippen LogP) is 3.29. The van der Waals surface area contributed by atoms with Gasteiger partial charge in [0, 0.05) is 5.69 Å². The fourth-order valence-corrected chi connectivity index (χ4v) is 2.27. The largest absolute Gasteiger partial charge is 0.459 e. The average Bonchev–Trinajstić information content (AvgIpc) is 2.57. The molecule has 0 aromatic heterocycles. The Morgan fingerprint density at radius 1 is 1.22 bits per heavy atom. The Hall–Kier alpha value is -1.58. The molecule has 4 heteroatoms. The zero-order valence-corrected chi connectivity index (χ0v) is 10.3. The van der Waals surface area contributed by atoms with Crippen LogP contribution in [-0.2, 0) is 4.74 Å². The number of esters is 1. The molecule has 1 aliphatic rings. The molecule has 0 spiro atoms. The molecule has 2 N–H and O–H groups in total. The first-order chi connectivity index (χ1) is 8.66. The van der Waals surface area contributed by atoms with Gasteiger partial charge in [-0.05, 0) is 43.9 Å². The lowest BCUT2D eigenvalue weighted by Gasteiger charge is -2.15. The summed E-state index contributed by atoms with van der Waals surface area (Å²) >= 11 is 0. The second-order valence-electron chi connectivity index (χ2n) is 4.76. The number of rotatable bonds is 2. The van der Waals surface area contributed by atoms with E-state index in [9.17, 15) is 9.18 Å². The molecule has 0 radical (unpaired) electrons. The minimum Gasteiger partial charge on any atom is -0.459 e. The molecule has 1 aromatic carbocycles. The van der Waals surface area contributed by atoms with E-state index in [1.807, 2.05) is 0 Å². The van der Waals surface area contributed by atoms with Crippen molar-refractivity contribution in [1.29, 1.82) is 0 Å². The highest BCUT2D eigenvalue weighted by Crippen LogP contribution is 2.22. The average molecular weight is 251 g/mol. The van der Waals surface area contributed by atoms with Gasteiger partial charge in [-0.3, -0.25) is 0 Å². The molecular formula is C14H18FNO2. The number of ether oxygens (including phenoxy) is 1. The molecule has 0 unspecified atom stereocenters. The molecule has 0 atom stereocenters. The van der Waals surface area contributed by atoms with Crippen LogP contribution in [0.1, 0.15) is 48.9 Å². The summed E-state index contributed by atoms with van der Waals surface area (Å²) in [6.07, 6.45) is 6.20. The molecule has 0 heterocycles. The van der Waals surface area contributed by atoms with Crippen LogP contribution < -0.4 is 5.73 Å². The topological polar surface area (TPSA) is 52.3 Å². The molecule has 1 aliphatic carbocycles. The fraction of sp³-hybridized carbons (Fsp3) is 0.500. The minimum absolute atomic E-state index is 0.0338. The van der Waals surface area contributed by atoms with Gasteiger partial charge < -0.3 is 10.5 Å². The van der Waals surface area contributed by atoms with Crippen molar-refractivity contribution in [2.75, 3.05) is 5.73 Å². The lowest BCUT2D eigenvalue weighted by Crippen LogP contribution is -2.18. The van der Waals surface area contributed by atoms with Crippen LogP contribution in [0.5, 0.6) is 0 Å². The maximum Gasteiger partial charge on any atom is 0.341 e. The standard InChI is InChI=1S/C14H18FNO2/c15-13-9-10(16)7-8-12(13)14(17)18-11-5-3-1-2-4-6-11/h7-9,11H,1-6,16H2. The highest BCUT2D eigenvalue weighted by atomic mass is 19.1. The van der Waals surface area contributed by atoms with Gasteiger partial charge >= 0.3 is 5.97 Å². The molecule has 98 valence electrons. The molecule has 1 saturated carbocycles. The molecule has 18 heavy (non-hydrogen) atoms. The zero-order valence-electron chi connectivity index (χ0n) is 10.3. The quantitative estimate of drug-likeness (QED) is 0.498. The van der Waals surface area contributed by atoms with Crippen LogP contribution in [0.2, 0.25) is 0 Å². The van der Waals surface area contributed by atoms with Gasteiger partial charge in [-0.1, -0.05) is 12.8 Å². The highest BCUT2D eigenvalue weighted by Gasteiger charge is 2.20. The zero-order chi connectivity index (χ0) is 13.0. The van der Waals surface area contributed by atoms with Gasteiger partial charge in [0.1, 0.15) is 11.9 Å². The number of hydrogen-bond donors (Lipinski definition) is 1. The van der Waals surface area contributed by atoms with Gasteiger partial charge in [-0.15, -0.1) is 0 Å². The van der Waals surface area contributed by atoms with Gasteiger partial charge in [-0.2, -0.15) is 0 Å². The van der Waals surface area contributed by atoms with Crippen LogP contribution in [-0.4, -0.2) is 12.1 Å². The summed E-state index contributed by atoms with van der Waals surface area (Å²) < 4.78 is 18.9. The van der Waals surface area contributed by atoms with Crippen LogP contribution in [0.4, 0.5) is 10.1 Å². The Bertz CT molecular complexity index is 426. The van der Waals surface area contributed by atoms with Gasteiger partial charge in [0.2, 0.25) is 0 Å². The summed E-state index contributed by atoms with van der Waals surface area (Å²) in [6, 6.07) is 4.03. The van der Waals surface area contributed by atoms with Gasteiger partial charge in [0.05, 0.1) is 5.56 Å². The molecule has 0 saturated heterocycles. The summed E-state index contributed by atoms with van der Waals surface area (Å²) in [5, 5.41) is 0. The van der Waals surface area contributed by atoms with Crippen molar-refractivity contribution >= 4 is 11.7 Å². The minimum atomic E-state index is -0.617. The SMILES string of the molecule is Nc1ccc(C(=O)OC2CCCCCC2)c(F)c1. The number of nitrogens with two attached hydrogens (primary N) is 1. The van der Waals surface area contributed by atoms with E-state index in [1.165, 1.54) is 25.0 Å². The van der Waals surface area contributed by atoms with Crippen LogP contribution in [0.3, 0.4) is 0 Å². The van der Waals surface area contributed by atoms with Gasteiger partial charge in [0.25, 0.3) is 0 Å². The van der Waals surface area contributed by atoms with Crippen molar-refractivity contribution < 1.29 is 13.9 Å². The number of benzene rings is 1. The van der Waals surface area contributed by atoms with Crippen LogP contribution >= 0.6 is 0 Å². The number of carbonyl (C=O) groups is 1.